The lowest BCUT2D eigenvalue weighted by Crippen LogP contribution is -2.31. The molecule has 0 unspecified atom stereocenters. The van der Waals surface area contributed by atoms with E-state index in [1.165, 1.54) is 23.5 Å². The Balaban J connectivity index is 1.54. The van der Waals surface area contributed by atoms with Crippen molar-refractivity contribution in [2.24, 2.45) is 0 Å². The smallest absolute Gasteiger partial charge is 0.277 e. The fourth-order valence-electron chi connectivity index (χ4n) is 3.51. The van der Waals surface area contributed by atoms with Gasteiger partial charge in [-0.25, -0.2) is 18.9 Å². The number of anilines is 1. The summed E-state index contributed by atoms with van der Waals surface area (Å²) in [4.78, 5) is 28.6. The first-order valence-electron chi connectivity index (χ1n) is 10.3. The molecule has 9 heteroatoms. The van der Waals surface area contributed by atoms with E-state index in [2.05, 4.69) is 20.1 Å². The third-order valence-corrected chi connectivity index (χ3v) is 5.96. The lowest BCUT2D eigenvalue weighted by atomic mass is 10.2. The number of fused-ring (bicyclic) bond motifs is 1. The number of benzene rings is 2. The third kappa shape index (κ3) is 4.22. The van der Waals surface area contributed by atoms with Gasteiger partial charge in [0.05, 0.1) is 12.2 Å². The molecule has 5 rings (SSSR count). The van der Waals surface area contributed by atoms with Crippen LogP contribution < -0.4 is 4.90 Å². The average Bonchev–Trinajstić information content (AvgIpc) is 3.46. The van der Waals surface area contributed by atoms with Crippen molar-refractivity contribution in [1.29, 1.82) is 0 Å². The molecule has 0 saturated carbocycles. The van der Waals surface area contributed by atoms with Gasteiger partial charge in [0.2, 0.25) is 5.82 Å². The van der Waals surface area contributed by atoms with Crippen molar-refractivity contribution in [3.8, 4) is 11.3 Å². The van der Waals surface area contributed by atoms with E-state index < -0.39 is 0 Å². The van der Waals surface area contributed by atoms with Crippen LogP contribution in [0.1, 0.15) is 27.6 Å². The van der Waals surface area contributed by atoms with Crippen LogP contribution in [-0.2, 0) is 6.54 Å². The third-order valence-electron chi connectivity index (χ3n) is 5.10. The number of nitrogens with zero attached hydrogens (tertiary/aromatic N) is 6. The van der Waals surface area contributed by atoms with Gasteiger partial charge in [-0.2, -0.15) is 4.98 Å². The summed E-state index contributed by atoms with van der Waals surface area (Å²) in [5.41, 5.74) is 4.02. The number of hydrogen-bond acceptors (Lipinski definition) is 6. The molecule has 0 fully saturated rings. The van der Waals surface area contributed by atoms with Crippen LogP contribution in [0.2, 0.25) is 0 Å². The van der Waals surface area contributed by atoms with Crippen LogP contribution in [0.3, 0.4) is 0 Å². The molecule has 0 aliphatic rings. The number of rotatable bonds is 5. The fraction of sp³-hybridized carbons (Fsp3) is 0.125. The normalized spacial score (nSPS) is 11.1. The predicted molar refractivity (Wildman–Crippen MR) is 125 cm³/mol. The summed E-state index contributed by atoms with van der Waals surface area (Å²) < 4.78 is 14.9. The Kier molecular flexibility index (Phi) is 5.39. The Morgan fingerprint density at radius 3 is 2.55 bits per heavy atom. The summed E-state index contributed by atoms with van der Waals surface area (Å²) in [6.07, 6.45) is 0. The van der Waals surface area contributed by atoms with Gasteiger partial charge in [-0.05, 0) is 49.7 Å². The number of aryl methyl sites for hydroxylation is 2. The van der Waals surface area contributed by atoms with Gasteiger partial charge < -0.3 is 0 Å². The van der Waals surface area contributed by atoms with Gasteiger partial charge in [0, 0.05) is 22.3 Å². The lowest BCUT2D eigenvalue weighted by Gasteiger charge is -2.18. The molecule has 0 N–H and O–H groups in total. The highest BCUT2D eigenvalue weighted by molar-refractivity contribution is 7.14. The zero-order valence-electron chi connectivity index (χ0n) is 17.9. The van der Waals surface area contributed by atoms with Crippen molar-refractivity contribution in [1.82, 2.24) is 24.6 Å². The van der Waals surface area contributed by atoms with E-state index in [-0.39, 0.29) is 17.5 Å². The highest BCUT2D eigenvalue weighted by Crippen LogP contribution is 2.29. The molecule has 5 aromatic rings. The number of carbonyl (C=O) groups is 1. The molecule has 0 spiro atoms. The van der Waals surface area contributed by atoms with E-state index in [1.54, 1.807) is 21.5 Å². The summed E-state index contributed by atoms with van der Waals surface area (Å²) in [6, 6.07) is 17.6. The van der Waals surface area contributed by atoms with Crippen molar-refractivity contribution in [2.75, 3.05) is 4.90 Å². The Morgan fingerprint density at radius 1 is 1.03 bits per heavy atom. The van der Waals surface area contributed by atoms with Gasteiger partial charge in [-0.15, -0.1) is 16.4 Å². The molecule has 2 aromatic carbocycles. The molecule has 7 nitrogen and oxygen atoms in total. The minimum Gasteiger partial charge on any atom is -0.277 e. The predicted octanol–water partition coefficient (Wildman–Crippen LogP) is 4.85. The first kappa shape index (κ1) is 20.9. The first-order valence-corrected chi connectivity index (χ1v) is 11.1. The number of amides is 1. The molecule has 1 amide bonds. The highest BCUT2D eigenvalue weighted by atomic mass is 32.1. The highest BCUT2D eigenvalue weighted by Gasteiger charge is 2.26. The monoisotopic (exact) mass is 458 g/mol. The molecule has 0 aliphatic heterocycles. The van der Waals surface area contributed by atoms with Crippen LogP contribution >= 0.6 is 11.3 Å². The summed E-state index contributed by atoms with van der Waals surface area (Å²) in [5, 5.41) is 6.75. The Labute approximate surface area is 193 Å². The van der Waals surface area contributed by atoms with Crippen LogP contribution in [-0.4, -0.2) is 30.5 Å². The minimum absolute atomic E-state index is 0.0469. The SMILES string of the molecule is Cc1cc(C)n2nc(C(=O)N(Cc3ccccc3)c3nc(-c4ccc(F)cc4)cs3)nc2n1. The number of aromatic nitrogens is 5. The molecule has 0 atom stereocenters. The van der Waals surface area contributed by atoms with Gasteiger partial charge in [0.1, 0.15) is 5.82 Å². The maximum absolute atomic E-state index is 13.6. The van der Waals surface area contributed by atoms with Crippen molar-refractivity contribution < 1.29 is 9.18 Å². The van der Waals surface area contributed by atoms with Crippen molar-refractivity contribution >= 4 is 28.2 Å². The van der Waals surface area contributed by atoms with Crippen LogP contribution in [0.15, 0.2) is 66.0 Å². The Bertz CT molecular complexity index is 1450. The fourth-order valence-corrected chi connectivity index (χ4v) is 4.34. The van der Waals surface area contributed by atoms with Gasteiger partial charge in [0.25, 0.3) is 11.7 Å². The second-order valence-electron chi connectivity index (χ2n) is 7.59. The number of hydrogen-bond donors (Lipinski definition) is 0. The summed E-state index contributed by atoms with van der Waals surface area (Å²) in [7, 11) is 0. The van der Waals surface area contributed by atoms with Crippen LogP contribution in [0, 0.1) is 19.7 Å². The molecule has 0 aliphatic carbocycles. The molecule has 33 heavy (non-hydrogen) atoms. The van der Waals surface area contributed by atoms with E-state index in [0.29, 0.717) is 23.1 Å². The molecule has 3 aromatic heterocycles. The van der Waals surface area contributed by atoms with Gasteiger partial charge in [-0.1, -0.05) is 30.3 Å². The largest absolute Gasteiger partial charge is 0.300 e. The maximum atomic E-state index is 13.6. The molecule has 3 heterocycles. The lowest BCUT2D eigenvalue weighted by molar-refractivity contribution is 0.0975. The van der Waals surface area contributed by atoms with Gasteiger partial charge in [0.15, 0.2) is 5.13 Å². The van der Waals surface area contributed by atoms with E-state index in [9.17, 15) is 9.18 Å². The Morgan fingerprint density at radius 2 is 1.79 bits per heavy atom. The van der Waals surface area contributed by atoms with Crippen molar-refractivity contribution in [3.63, 3.8) is 0 Å². The number of thiazole rings is 1. The quantitative estimate of drug-likeness (QED) is 0.376. The van der Waals surface area contributed by atoms with E-state index in [4.69, 9.17) is 0 Å². The van der Waals surface area contributed by atoms with Gasteiger partial charge >= 0.3 is 0 Å². The second-order valence-corrected chi connectivity index (χ2v) is 8.42. The van der Waals surface area contributed by atoms with Crippen molar-refractivity contribution in [3.05, 3.63) is 94.6 Å². The van der Waals surface area contributed by atoms with E-state index in [1.807, 2.05) is 55.6 Å². The first-order chi connectivity index (χ1) is 16.0. The topological polar surface area (TPSA) is 76.3 Å². The second kappa shape index (κ2) is 8.51. The molecular weight excluding hydrogens is 439 g/mol. The van der Waals surface area contributed by atoms with E-state index in [0.717, 1.165) is 22.5 Å². The summed E-state index contributed by atoms with van der Waals surface area (Å²) in [5.74, 6) is -0.263. The van der Waals surface area contributed by atoms with Crippen LogP contribution in [0.5, 0.6) is 0 Å². The molecular formula is C24H19FN6OS. The summed E-state index contributed by atoms with van der Waals surface area (Å²) in [6.45, 7) is 4.07. The van der Waals surface area contributed by atoms with E-state index >= 15 is 0 Å². The number of halogens is 1. The molecule has 0 radical (unpaired) electrons. The summed E-state index contributed by atoms with van der Waals surface area (Å²) >= 11 is 1.33. The van der Waals surface area contributed by atoms with Crippen LogP contribution in [0.4, 0.5) is 9.52 Å². The molecule has 0 saturated heterocycles. The van der Waals surface area contributed by atoms with Crippen molar-refractivity contribution in [2.45, 2.75) is 20.4 Å². The molecule has 164 valence electrons. The zero-order valence-corrected chi connectivity index (χ0v) is 18.8. The minimum atomic E-state index is -0.374. The van der Waals surface area contributed by atoms with Gasteiger partial charge in [-0.3, -0.25) is 9.69 Å². The zero-order chi connectivity index (χ0) is 22.9. The maximum Gasteiger partial charge on any atom is 0.300 e. The molecule has 0 bridgehead atoms. The Hall–Kier alpha value is -3.98. The average molecular weight is 459 g/mol. The standard InChI is InChI=1S/C24H19FN6OS/c1-15-12-16(2)31-23(26-15)28-21(29-31)22(32)30(13-17-6-4-3-5-7-17)24-27-20(14-33-24)18-8-10-19(25)11-9-18/h3-12,14H,13H2,1-2H3. The van der Waals surface area contributed by atoms with Crippen LogP contribution in [0.25, 0.3) is 17.0 Å². The number of carbonyl (C=O) groups excluding carboxylic acids is 1.